The third-order valence-electron chi connectivity index (χ3n) is 3.97. The zero-order chi connectivity index (χ0) is 16.6. The van der Waals surface area contributed by atoms with Crippen molar-refractivity contribution >= 4 is 17.9 Å². The van der Waals surface area contributed by atoms with E-state index in [1.165, 1.54) is 4.90 Å². The van der Waals surface area contributed by atoms with Gasteiger partial charge in [-0.2, -0.15) is 0 Å². The first kappa shape index (κ1) is 15.3. The van der Waals surface area contributed by atoms with Gasteiger partial charge in [-0.25, -0.2) is 9.79 Å². The van der Waals surface area contributed by atoms with Crippen LogP contribution in [-0.4, -0.2) is 53.0 Å². The second-order valence-corrected chi connectivity index (χ2v) is 6.13. The van der Waals surface area contributed by atoms with Crippen LogP contribution in [0.1, 0.15) is 19.4 Å². The van der Waals surface area contributed by atoms with E-state index in [0.29, 0.717) is 12.5 Å². The lowest BCUT2D eigenvalue weighted by Crippen LogP contribution is -2.64. The number of imide groups is 1. The predicted octanol–water partition coefficient (Wildman–Crippen LogP) is 0.733. The number of likely N-dealkylation sites (N-methyl/N-ethyl adjacent to an activating group) is 1. The fourth-order valence-corrected chi connectivity index (χ4v) is 2.86. The molecule has 23 heavy (non-hydrogen) atoms. The fourth-order valence-electron chi connectivity index (χ4n) is 2.86. The Balaban J connectivity index is 1.92. The molecule has 1 fully saturated rings. The van der Waals surface area contributed by atoms with Crippen molar-refractivity contribution in [3.63, 3.8) is 0 Å². The van der Waals surface area contributed by atoms with Gasteiger partial charge in [-0.05, 0) is 19.4 Å². The van der Waals surface area contributed by atoms with E-state index < -0.39 is 18.2 Å². The molecule has 2 aliphatic heterocycles. The molecule has 2 atom stereocenters. The molecule has 122 valence electrons. The van der Waals surface area contributed by atoms with Crippen molar-refractivity contribution in [2.24, 2.45) is 4.99 Å². The zero-order valence-electron chi connectivity index (χ0n) is 13.5. The quantitative estimate of drug-likeness (QED) is 0.862. The van der Waals surface area contributed by atoms with E-state index in [1.807, 2.05) is 49.1 Å². The summed E-state index contributed by atoms with van der Waals surface area (Å²) >= 11 is 0. The molecule has 2 heterocycles. The normalized spacial score (nSPS) is 23.7. The van der Waals surface area contributed by atoms with Crippen LogP contribution in [0.2, 0.25) is 0 Å². The first-order valence-corrected chi connectivity index (χ1v) is 7.70. The largest absolute Gasteiger partial charge is 0.354 e. The van der Waals surface area contributed by atoms with Crippen LogP contribution in [0.3, 0.4) is 0 Å². The molecular weight excluding hydrogens is 294 g/mol. The SMILES string of the molecule is CC(C)NC1=NC2C(C(=O)NC(=O)N2C)N1Cc1ccccc1. The summed E-state index contributed by atoms with van der Waals surface area (Å²) in [5, 5.41) is 5.68. The van der Waals surface area contributed by atoms with E-state index in [-0.39, 0.29) is 11.9 Å². The van der Waals surface area contributed by atoms with Gasteiger partial charge in [0.1, 0.15) is 0 Å². The van der Waals surface area contributed by atoms with Crippen molar-refractivity contribution in [2.45, 2.75) is 38.6 Å². The molecule has 0 spiro atoms. The first-order chi connectivity index (χ1) is 11.0. The standard InChI is InChI=1S/C16H21N5O2/c1-10(2)17-15-18-13-12(14(22)19-16(23)20(13)3)21(15)9-11-7-5-4-6-8-11/h4-8,10,12-13H,9H2,1-3H3,(H,17,18)(H,19,22,23). The number of hydrogen-bond donors (Lipinski definition) is 2. The van der Waals surface area contributed by atoms with E-state index >= 15 is 0 Å². The number of carbonyl (C=O) groups excluding carboxylic acids is 2. The van der Waals surface area contributed by atoms with E-state index in [1.54, 1.807) is 7.05 Å². The zero-order valence-corrected chi connectivity index (χ0v) is 13.5. The fraction of sp³-hybridized carbons (Fsp3) is 0.438. The molecule has 1 aromatic rings. The van der Waals surface area contributed by atoms with Crippen molar-refractivity contribution in [2.75, 3.05) is 7.05 Å². The molecule has 0 aliphatic carbocycles. The monoisotopic (exact) mass is 315 g/mol. The third-order valence-corrected chi connectivity index (χ3v) is 3.97. The minimum atomic E-state index is -0.515. The molecule has 3 rings (SSSR count). The van der Waals surface area contributed by atoms with Crippen LogP contribution in [0.15, 0.2) is 35.3 Å². The Labute approximate surface area is 135 Å². The number of nitrogens with zero attached hydrogens (tertiary/aromatic N) is 3. The number of rotatable bonds is 3. The van der Waals surface area contributed by atoms with Gasteiger partial charge < -0.3 is 15.1 Å². The number of nitrogens with one attached hydrogen (secondary N) is 2. The van der Waals surface area contributed by atoms with Crippen LogP contribution in [0.4, 0.5) is 4.79 Å². The molecule has 0 bridgehead atoms. The lowest BCUT2D eigenvalue weighted by Gasteiger charge is -2.36. The van der Waals surface area contributed by atoms with Gasteiger partial charge in [0, 0.05) is 19.6 Å². The van der Waals surface area contributed by atoms with E-state index in [0.717, 1.165) is 5.56 Å². The minimum absolute atomic E-state index is 0.177. The lowest BCUT2D eigenvalue weighted by atomic mass is 10.1. The van der Waals surface area contributed by atoms with E-state index in [4.69, 9.17) is 0 Å². The maximum absolute atomic E-state index is 12.4. The van der Waals surface area contributed by atoms with Crippen molar-refractivity contribution in [1.29, 1.82) is 0 Å². The summed E-state index contributed by atoms with van der Waals surface area (Å²) in [5.41, 5.74) is 1.08. The Hall–Kier alpha value is -2.57. The number of benzene rings is 1. The average Bonchev–Trinajstić information content (AvgIpc) is 2.84. The first-order valence-electron chi connectivity index (χ1n) is 7.70. The average molecular weight is 315 g/mol. The Morgan fingerprint density at radius 1 is 1.26 bits per heavy atom. The maximum Gasteiger partial charge on any atom is 0.325 e. The summed E-state index contributed by atoms with van der Waals surface area (Å²) in [6.07, 6.45) is -0.499. The summed E-state index contributed by atoms with van der Waals surface area (Å²) in [4.78, 5) is 32.2. The van der Waals surface area contributed by atoms with Crippen molar-refractivity contribution in [3.05, 3.63) is 35.9 Å². The van der Waals surface area contributed by atoms with Crippen LogP contribution in [-0.2, 0) is 11.3 Å². The molecule has 0 radical (unpaired) electrons. The highest BCUT2D eigenvalue weighted by Crippen LogP contribution is 2.25. The highest BCUT2D eigenvalue weighted by atomic mass is 16.2. The molecule has 7 heteroatoms. The number of aliphatic imine (C=N–C) groups is 1. The number of hydrogen-bond acceptors (Lipinski definition) is 5. The summed E-state index contributed by atoms with van der Waals surface area (Å²) in [5.74, 6) is 0.342. The van der Waals surface area contributed by atoms with Gasteiger partial charge in [0.15, 0.2) is 18.2 Å². The van der Waals surface area contributed by atoms with Gasteiger partial charge in [-0.15, -0.1) is 0 Å². The molecular formula is C16H21N5O2. The summed E-state index contributed by atoms with van der Waals surface area (Å²) in [7, 11) is 1.65. The molecule has 2 unspecified atom stereocenters. The van der Waals surface area contributed by atoms with Crippen molar-refractivity contribution in [1.82, 2.24) is 20.4 Å². The molecule has 2 aliphatic rings. The van der Waals surface area contributed by atoms with Crippen molar-refractivity contribution in [3.8, 4) is 0 Å². The molecule has 7 nitrogen and oxygen atoms in total. The minimum Gasteiger partial charge on any atom is -0.354 e. The van der Waals surface area contributed by atoms with Crippen LogP contribution >= 0.6 is 0 Å². The molecule has 2 N–H and O–H groups in total. The number of fused-ring (bicyclic) bond motifs is 1. The third kappa shape index (κ3) is 2.86. The Bertz CT molecular complexity index is 643. The van der Waals surface area contributed by atoms with Gasteiger partial charge in [-0.3, -0.25) is 10.1 Å². The highest BCUT2D eigenvalue weighted by Gasteiger charge is 2.48. The Morgan fingerprint density at radius 3 is 2.61 bits per heavy atom. The lowest BCUT2D eigenvalue weighted by molar-refractivity contribution is -0.127. The highest BCUT2D eigenvalue weighted by molar-refractivity contribution is 6.03. The van der Waals surface area contributed by atoms with Crippen LogP contribution < -0.4 is 10.6 Å². The van der Waals surface area contributed by atoms with Gasteiger partial charge in [0.25, 0.3) is 5.91 Å². The van der Waals surface area contributed by atoms with Gasteiger partial charge in [0.05, 0.1) is 0 Å². The van der Waals surface area contributed by atoms with Gasteiger partial charge in [-0.1, -0.05) is 30.3 Å². The number of guanidine groups is 1. The second-order valence-electron chi connectivity index (χ2n) is 6.13. The van der Waals surface area contributed by atoms with Crippen molar-refractivity contribution < 1.29 is 9.59 Å². The molecule has 0 aromatic heterocycles. The topological polar surface area (TPSA) is 77.0 Å². The van der Waals surface area contributed by atoms with Crippen LogP contribution in [0, 0.1) is 0 Å². The summed E-state index contributed by atoms with van der Waals surface area (Å²) in [6, 6.07) is 9.16. The van der Waals surface area contributed by atoms with Gasteiger partial charge in [0.2, 0.25) is 0 Å². The van der Waals surface area contributed by atoms with E-state index in [2.05, 4.69) is 15.6 Å². The number of amides is 3. The number of carbonyl (C=O) groups is 2. The Morgan fingerprint density at radius 2 is 1.96 bits per heavy atom. The summed E-state index contributed by atoms with van der Waals surface area (Å²) in [6.45, 7) is 4.58. The molecule has 3 amide bonds. The predicted molar refractivity (Wildman–Crippen MR) is 86.6 cm³/mol. The molecule has 0 saturated carbocycles. The molecule has 1 aromatic carbocycles. The van der Waals surface area contributed by atoms with E-state index in [9.17, 15) is 9.59 Å². The number of urea groups is 1. The Kier molecular flexibility index (Phi) is 3.94. The van der Waals surface area contributed by atoms with Crippen LogP contribution in [0.25, 0.3) is 0 Å². The molecule has 1 saturated heterocycles. The smallest absolute Gasteiger partial charge is 0.325 e. The maximum atomic E-state index is 12.4. The summed E-state index contributed by atoms with van der Waals surface area (Å²) < 4.78 is 0. The van der Waals surface area contributed by atoms with Gasteiger partial charge >= 0.3 is 6.03 Å². The van der Waals surface area contributed by atoms with Crippen LogP contribution in [0.5, 0.6) is 0 Å². The second kappa shape index (κ2) is 5.91.